The molecule has 1 unspecified atom stereocenters. The summed E-state index contributed by atoms with van der Waals surface area (Å²) >= 11 is 0. The Bertz CT molecular complexity index is 497. The predicted octanol–water partition coefficient (Wildman–Crippen LogP) is 3.96. The zero-order valence-electron chi connectivity index (χ0n) is 11.1. The molecule has 2 rings (SSSR count). The van der Waals surface area contributed by atoms with Gasteiger partial charge in [0, 0.05) is 5.92 Å². The van der Waals surface area contributed by atoms with Gasteiger partial charge in [-0.2, -0.15) is 0 Å². The van der Waals surface area contributed by atoms with Crippen LogP contribution in [0.1, 0.15) is 50.1 Å². The number of aromatic amines is 1. The van der Waals surface area contributed by atoms with Crippen LogP contribution in [0.5, 0.6) is 0 Å². The topological polar surface area (TPSA) is 45.8 Å². The van der Waals surface area contributed by atoms with Crippen molar-refractivity contribution in [1.29, 1.82) is 0 Å². The second-order valence-electron chi connectivity index (χ2n) is 4.86. The molecule has 18 heavy (non-hydrogen) atoms. The highest BCUT2D eigenvalue weighted by Gasteiger charge is 2.18. The molecule has 2 aromatic rings. The Labute approximate surface area is 108 Å². The fourth-order valence-corrected chi connectivity index (χ4v) is 2.13. The second-order valence-corrected chi connectivity index (χ2v) is 4.86. The molecule has 0 aliphatic carbocycles. The Morgan fingerprint density at radius 2 is 2.11 bits per heavy atom. The van der Waals surface area contributed by atoms with Gasteiger partial charge in [0.05, 0.1) is 11.0 Å². The summed E-state index contributed by atoms with van der Waals surface area (Å²) in [5, 5.41) is 0. The third-order valence-electron chi connectivity index (χ3n) is 3.31. The fourth-order valence-electron chi connectivity index (χ4n) is 2.13. The molecular weight excluding hydrogens is 224 g/mol. The fraction of sp³-hybridized carbons (Fsp3) is 0.467. The van der Waals surface area contributed by atoms with E-state index in [9.17, 15) is 4.79 Å². The van der Waals surface area contributed by atoms with Gasteiger partial charge in [0.2, 0.25) is 5.78 Å². The van der Waals surface area contributed by atoms with E-state index in [-0.39, 0.29) is 11.7 Å². The van der Waals surface area contributed by atoms with Crippen molar-refractivity contribution in [3.05, 3.63) is 30.1 Å². The maximum atomic E-state index is 12.2. The molecular formula is C15H20N2O. The standard InChI is InChI=1S/C15H20N2O/c1-3-4-5-8-11(2)14(18)15-16-12-9-6-7-10-13(12)17-15/h6-7,9-11H,3-5,8H2,1-2H3,(H,16,17). The van der Waals surface area contributed by atoms with Crippen molar-refractivity contribution in [2.45, 2.75) is 39.5 Å². The van der Waals surface area contributed by atoms with Crippen molar-refractivity contribution in [1.82, 2.24) is 9.97 Å². The molecule has 96 valence electrons. The molecule has 0 spiro atoms. The van der Waals surface area contributed by atoms with Crippen molar-refractivity contribution in [3.63, 3.8) is 0 Å². The number of hydrogen-bond acceptors (Lipinski definition) is 2. The summed E-state index contributed by atoms with van der Waals surface area (Å²) in [5.74, 6) is 0.680. The van der Waals surface area contributed by atoms with Crippen molar-refractivity contribution >= 4 is 16.8 Å². The SMILES string of the molecule is CCCCCC(C)C(=O)c1nc2ccccc2[nH]1. The van der Waals surface area contributed by atoms with Crippen LogP contribution < -0.4 is 0 Å². The minimum atomic E-state index is 0.0529. The van der Waals surface area contributed by atoms with Gasteiger partial charge >= 0.3 is 0 Å². The number of unbranched alkanes of at least 4 members (excludes halogenated alkanes) is 2. The van der Waals surface area contributed by atoms with Crippen molar-refractivity contribution in [3.8, 4) is 0 Å². The highest BCUT2D eigenvalue weighted by molar-refractivity contribution is 5.97. The number of ketones is 1. The first-order valence-corrected chi connectivity index (χ1v) is 6.71. The van der Waals surface area contributed by atoms with Crippen LogP contribution >= 0.6 is 0 Å². The van der Waals surface area contributed by atoms with E-state index in [1.54, 1.807) is 0 Å². The molecule has 1 aromatic carbocycles. The molecule has 1 heterocycles. The number of rotatable bonds is 6. The van der Waals surface area contributed by atoms with Crippen LogP contribution in [-0.4, -0.2) is 15.8 Å². The van der Waals surface area contributed by atoms with Crippen LogP contribution in [0.15, 0.2) is 24.3 Å². The van der Waals surface area contributed by atoms with Gasteiger partial charge in [-0.3, -0.25) is 4.79 Å². The van der Waals surface area contributed by atoms with E-state index in [1.807, 2.05) is 31.2 Å². The van der Waals surface area contributed by atoms with Crippen LogP contribution in [0.25, 0.3) is 11.0 Å². The van der Waals surface area contributed by atoms with Gasteiger partial charge in [0.1, 0.15) is 0 Å². The number of benzene rings is 1. The summed E-state index contributed by atoms with van der Waals surface area (Å²) in [4.78, 5) is 19.7. The number of Topliss-reactive ketones (excluding diaryl/α,β-unsaturated/α-hetero) is 1. The van der Waals surface area contributed by atoms with E-state index in [1.165, 1.54) is 12.8 Å². The first kappa shape index (κ1) is 12.8. The lowest BCUT2D eigenvalue weighted by molar-refractivity contribution is 0.0913. The van der Waals surface area contributed by atoms with E-state index in [0.29, 0.717) is 5.82 Å². The summed E-state index contributed by atoms with van der Waals surface area (Å²) in [6.45, 7) is 4.16. The molecule has 0 aliphatic rings. The molecule has 0 aliphatic heterocycles. The molecule has 0 amide bonds. The zero-order chi connectivity index (χ0) is 13.0. The number of H-pyrrole nitrogens is 1. The summed E-state index contributed by atoms with van der Waals surface area (Å²) in [6, 6.07) is 7.74. The average molecular weight is 244 g/mol. The third-order valence-corrected chi connectivity index (χ3v) is 3.31. The number of fused-ring (bicyclic) bond motifs is 1. The quantitative estimate of drug-likeness (QED) is 0.617. The number of imidazole rings is 1. The smallest absolute Gasteiger partial charge is 0.200 e. The summed E-state index contributed by atoms with van der Waals surface area (Å²) in [7, 11) is 0. The van der Waals surface area contributed by atoms with E-state index < -0.39 is 0 Å². The predicted molar refractivity (Wildman–Crippen MR) is 73.7 cm³/mol. The summed E-state index contributed by atoms with van der Waals surface area (Å²) in [5.41, 5.74) is 1.79. The first-order chi connectivity index (χ1) is 8.72. The number of carbonyl (C=O) groups is 1. The molecule has 3 nitrogen and oxygen atoms in total. The summed E-state index contributed by atoms with van der Waals surface area (Å²) < 4.78 is 0. The van der Waals surface area contributed by atoms with Crippen LogP contribution in [0, 0.1) is 5.92 Å². The van der Waals surface area contributed by atoms with Crippen LogP contribution in [0.4, 0.5) is 0 Å². The lowest BCUT2D eigenvalue weighted by atomic mass is 9.98. The molecule has 0 radical (unpaired) electrons. The number of nitrogens with zero attached hydrogens (tertiary/aromatic N) is 1. The van der Waals surface area contributed by atoms with Gasteiger partial charge in [-0.15, -0.1) is 0 Å². The lowest BCUT2D eigenvalue weighted by Crippen LogP contribution is -2.12. The number of carbonyl (C=O) groups excluding carboxylic acids is 1. The zero-order valence-corrected chi connectivity index (χ0v) is 11.1. The average Bonchev–Trinajstić information content (AvgIpc) is 2.81. The van der Waals surface area contributed by atoms with Crippen LogP contribution in [0.2, 0.25) is 0 Å². The molecule has 1 N–H and O–H groups in total. The maximum absolute atomic E-state index is 12.2. The highest BCUT2D eigenvalue weighted by Crippen LogP contribution is 2.17. The van der Waals surface area contributed by atoms with Gasteiger partial charge in [-0.1, -0.05) is 45.2 Å². The largest absolute Gasteiger partial charge is 0.335 e. The first-order valence-electron chi connectivity index (χ1n) is 6.71. The highest BCUT2D eigenvalue weighted by atomic mass is 16.1. The van der Waals surface area contributed by atoms with Gasteiger partial charge < -0.3 is 4.98 Å². The van der Waals surface area contributed by atoms with Crippen LogP contribution in [-0.2, 0) is 0 Å². The van der Waals surface area contributed by atoms with E-state index in [4.69, 9.17) is 0 Å². The number of nitrogens with one attached hydrogen (secondary N) is 1. The lowest BCUT2D eigenvalue weighted by Gasteiger charge is -2.07. The molecule has 0 saturated carbocycles. The molecule has 0 bridgehead atoms. The molecule has 1 atom stereocenters. The molecule has 0 saturated heterocycles. The van der Waals surface area contributed by atoms with Crippen LogP contribution in [0.3, 0.4) is 0 Å². The van der Waals surface area contributed by atoms with Gasteiger partial charge in [0.15, 0.2) is 5.82 Å². The number of para-hydroxylation sites is 2. The Morgan fingerprint density at radius 3 is 2.83 bits per heavy atom. The molecule has 3 heteroatoms. The van der Waals surface area contributed by atoms with Crippen molar-refractivity contribution < 1.29 is 4.79 Å². The minimum absolute atomic E-state index is 0.0529. The summed E-state index contributed by atoms with van der Waals surface area (Å²) in [6.07, 6.45) is 4.44. The van der Waals surface area contributed by atoms with E-state index >= 15 is 0 Å². The Balaban J connectivity index is 2.08. The van der Waals surface area contributed by atoms with Crippen molar-refractivity contribution in [2.24, 2.45) is 5.92 Å². The molecule has 1 aromatic heterocycles. The number of aromatic nitrogens is 2. The monoisotopic (exact) mass is 244 g/mol. The maximum Gasteiger partial charge on any atom is 0.200 e. The van der Waals surface area contributed by atoms with Gasteiger partial charge in [0.25, 0.3) is 0 Å². The Morgan fingerprint density at radius 1 is 1.33 bits per heavy atom. The van der Waals surface area contributed by atoms with Gasteiger partial charge in [-0.25, -0.2) is 4.98 Å². The second kappa shape index (κ2) is 5.80. The molecule has 0 fully saturated rings. The Hall–Kier alpha value is -1.64. The third kappa shape index (κ3) is 2.78. The Kier molecular flexibility index (Phi) is 4.13. The van der Waals surface area contributed by atoms with Crippen molar-refractivity contribution in [2.75, 3.05) is 0 Å². The van der Waals surface area contributed by atoms with E-state index in [0.717, 1.165) is 23.9 Å². The number of hydrogen-bond donors (Lipinski definition) is 1. The minimum Gasteiger partial charge on any atom is -0.335 e. The normalized spacial score (nSPS) is 12.8. The van der Waals surface area contributed by atoms with E-state index in [2.05, 4.69) is 16.9 Å². The van der Waals surface area contributed by atoms with Gasteiger partial charge in [-0.05, 0) is 18.6 Å².